The molecule has 0 fully saturated rings. The van der Waals surface area contributed by atoms with Gasteiger partial charge in [0.15, 0.2) is 0 Å². The molecule has 4 rings (SSSR count). The van der Waals surface area contributed by atoms with E-state index in [0.29, 0.717) is 6.42 Å². The first-order valence-corrected chi connectivity index (χ1v) is 7.85. The van der Waals surface area contributed by atoms with Gasteiger partial charge in [0.25, 0.3) is 0 Å². The lowest BCUT2D eigenvalue weighted by atomic mass is 9.84. The van der Waals surface area contributed by atoms with Crippen LogP contribution in [-0.2, 0) is 4.74 Å². The average molecular weight is 301 g/mol. The number of nitrogens with two attached hydrogens (primary N) is 1. The maximum Gasteiger partial charge on any atom is 0.147 e. The summed E-state index contributed by atoms with van der Waals surface area (Å²) < 4.78 is 5.76. The molecule has 0 radical (unpaired) electrons. The Balaban J connectivity index is 2.18. The highest BCUT2D eigenvalue weighted by molar-refractivity contribution is 5.95. The fourth-order valence-corrected chi connectivity index (χ4v) is 3.50. The lowest BCUT2D eigenvalue weighted by Crippen LogP contribution is -2.50. The van der Waals surface area contributed by atoms with Gasteiger partial charge in [0.2, 0.25) is 0 Å². The lowest BCUT2D eigenvalue weighted by Gasteiger charge is -2.33. The molecule has 2 nitrogen and oxygen atoms in total. The fourth-order valence-electron chi connectivity index (χ4n) is 3.50. The molecule has 1 atom stereocenters. The monoisotopic (exact) mass is 301 g/mol. The van der Waals surface area contributed by atoms with Crippen molar-refractivity contribution in [1.82, 2.24) is 0 Å². The van der Waals surface area contributed by atoms with Crippen molar-refractivity contribution in [1.29, 1.82) is 0 Å². The zero-order valence-electron chi connectivity index (χ0n) is 13.1. The first kappa shape index (κ1) is 14.2. The van der Waals surface area contributed by atoms with Gasteiger partial charge in [0.1, 0.15) is 5.72 Å². The minimum Gasteiger partial charge on any atom is -0.359 e. The van der Waals surface area contributed by atoms with Crippen LogP contribution in [0.2, 0.25) is 0 Å². The molecule has 0 saturated heterocycles. The van der Waals surface area contributed by atoms with Gasteiger partial charge in [0.05, 0.1) is 0 Å². The molecular formula is C21H19NO. The third-order valence-electron chi connectivity index (χ3n) is 4.70. The van der Waals surface area contributed by atoms with Crippen molar-refractivity contribution in [2.75, 3.05) is 7.11 Å². The van der Waals surface area contributed by atoms with Gasteiger partial charge in [-0.2, -0.15) is 0 Å². The predicted octanol–water partition coefficient (Wildman–Crippen LogP) is 2.52. The van der Waals surface area contributed by atoms with Crippen molar-refractivity contribution in [3.05, 3.63) is 82.7 Å². The molecule has 3 aromatic carbocycles. The van der Waals surface area contributed by atoms with Gasteiger partial charge in [-0.25, -0.2) is 0 Å². The van der Waals surface area contributed by atoms with E-state index in [1.165, 1.54) is 16.0 Å². The van der Waals surface area contributed by atoms with Gasteiger partial charge >= 0.3 is 0 Å². The number of methoxy groups -OCH3 is 1. The van der Waals surface area contributed by atoms with Gasteiger partial charge in [-0.3, -0.25) is 5.73 Å². The topological polar surface area (TPSA) is 35.2 Å². The highest BCUT2D eigenvalue weighted by Crippen LogP contribution is 2.32. The fraction of sp³-hybridized carbons (Fsp3) is 0.143. The molecule has 0 aliphatic heterocycles. The third-order valence-corrected chi connectivity index (χ3v) is 4.70. The van der Waals surface area contributed by atoms with Crippen LogP contribution in [0.5, 0.6) is 0 Å². The van der Waals surface area contributed by atoms with Gasteiger partial charge in [-0.15, -0.1) is 0 Å². The summed E-state index contributed by atoms with van der Waals surface area (Å²) in [5.41, 5.74) is 8.05. The Morgan fingerprint density at radius 1 is 0.913 bits per heavy atom. The Labute approximate surface area is 135 Å². The average Bonchev–Trinajstić information content (AvgIpc) is 2.61. The van der Waals surface area contributed by atoms with Crippen molar-refractivity contribution < 1.29 is 4.74 Å². The molecule has 3 aromatic rings. The van der Waals surface area contributed by atoms with Crippen molar-refractivity contribution in [3.63, 3.8) is 0 Å². The Hall–Kier alpha value is -2.42. The molecule has 23 heavy (non-hydrogen) atoms. The second-order valence-corrected chi connectivity index (χ2v) is 5.99. The minimum atomic E-state index is -0.807. The van der Waals surface area contributed by atoms with Crippen LogP contribution in [0.3, 0.4) is 0 Å². The number of benzene rings is 3. The van der Waals surface area contributed by atoms with Crippen LogP contribution in [0.25, 0.3) is 22.4 Å². The summed E-state index contributed by atoms with van der Waals surface area (Å²) in [5.74, 6) is 0. The van der Waals surface area contributed by atoms with Gasteiger partial charge in [-0.05, 0) is 26.8 Å². The quantitative estimate of drug-likeness (QED) is 0.738. The van der Waals surface area contributed by atoms with Crippen LogP contribution < -0.4 is 16.2 Å². The van der Waals surface area contributed by atoms with Gasteiger partial charge in [0, 0.05) is 19.1 Å². The highest BCUT2D eigenvalue weighted by Gasteiger charge is 2.33. The van der Waals surface area contributed by atoms with E-state index in [0.717, 1.165) is 16.4 Å². The molecular weight excluding hydrogens is 282 g/mol. The van der Waals surface area contributed by atoms with E-state index in [2.05, 4.69) is 72.8 Å². The molecule has 0 aromatic heterocycles. The molecule has 0 spiro atoms. The molecule has 0 bridgehead atoms. The molecule has 0 saturated carbocycles. The second kappa shape index (κ2) is 5.34. The number of rotatable bonds is 2. The SMILES string of the molecule is COC1(N)CC=c2ccccc2=C1c1cccc2ccccc12. The standard InChI is InChI=1S/C21H19NO/c1-23-21(22)14-13-16-8-3-5-11-18(16)20(21)19-12-6-9-15-7-2-4-10-17(15)19/h2-13H,14,22H2,1H3. The maximum atomic E-state index is 6.65. The molecule has 114 valence electrons. The van der Waals surface area contributed by atoms with E-state index in [1.54, 1.807) is 7.11 Å². The van der Waals surface area contributed by atoms with Crippen LogP contribution in [0.15, 0.2) is 66.7 Å². The van der Waals surface area contributed by atoms with E-state index >= 15 is 0 Å². The number of hydrogen-bond acceptors (Lipinski definition) is 2. The maximum absolute atomic E-state index is 6.65. The largest absolute Gasteiger partial charge is 0.359 e. The lowest BCUT2D eigenvalue weighted by molar-refractivity contribution is 0.0513. The van der Waals surface area contributed by atoms with E-state index < -0.39 is 5.72 Å². The van der Waals surface area contributed by atoms with Crippen LogP contribution in [-0.4, -0.2) is 12.8 Å². The Kier molecular flexibility index (Phi) is 3.29. The van der Waals surface area contributed by atoms with Crippen LogP contribution >= 0.6 is 0 Å². The van der Waals surface area contributed by atoms with Crippen molar-refractivity contribution in [2.45, 2.75) is 12.1 Å². The normalized spacial score (nSPS) is 20.2. The third kappa shape index (κ3) is 2.19. The Morgan fingerprint density at radius 3 is 2.52 bits per heavy atom. The van der Waals surface area contributed by atoms with Crippen LogP contribution in [0.4, 0.5) is 0 Å². The second-order valence-electron chi connectivity index (χ2n) is 5.99. The molecule has 2 N–H and O–H groups in total. The smallest absolute Gasteiger partial charge is 0.147 e. The zero-order chi connectivity index (χ0) is 15.9. The Morgan fingerprint density at radius 2 is 1.65 bits per heavy atom. The van der Waals surface area contributed by atoms with E-state index in [9.17, 15) is 0 Å². The van der Waals surface area contributed by atoms with Crippen LogP contribution in [0.1, 0.15) is 12.0 Å². The van der Waals surface area contributed by atoms with Crippen molar-refractivity contribution >= 4 is 22.4 Å². The number of ether oxygens (including phenoxy) is 1. The van der Waals surface area contributed by atoms with Gasteiger partial charge < -0.3 is 4.74 Å². The van der Waals surface area contributed by atoms with E-state index in [1.807, 2.05) is 0 Å². The molecule has 1 unspecified atom stereocenters. The summed E-state index contributed by atoms with van der Waals surface area (Å²) in [6.45, 7) is 0. The molecule has 1 aliphatic carbocycles. The van der Waals surface area contributed by atoms with Gasteiger partial charge in [-0.1, -0.05) is 72.8 Å². The molecule has 1 aliphatic rings. The zero-order valence-corrected chi connectivity index (χ0v) is 13.1. The summed E-state index contributed by atoms with van der Waals surface area (Å²) in [5, 5.41) is 4.78. The summed E-state index contributed by atoms with van der Waals surface area (Å²) in [6.07, 6.45) is 2.83. The minimum absolute atomic E-state index is 0.666. The van der Waals surface area contributed by atoms with Crippen molar-refractivity contribution in [3.8, 4) is 0 Å². The molecule has 0 amide bonds. The van der Waals surface area contributed by atoms with Crippen LogP contribution in [0, 0.1) is 0 Å². The number of hydrogen-bond donors (Lipinski definition) is 1. The highest BCUT2D eigenvalue weighted by atomic mass is 16.5. The van der Waals surface area contributed by atoms with E-state index in [4.69, 9.17) is 10.5 Å². The summed E-state index contributed by atoms with van der Waals surface area (Å²) in [4.78, 5) is 0. The molecule has 0 heterocycles. The summed E-state index contributed by atoms with van der Waals surface area (Å²) >= 11 is 0. The first-order valence-electron chi connectivity index (χ1n) is 7.85. The first-order chi connectivity index (χ1) is 11.2. The summed E-state index contributed by atoms with van der Waals surface area (Å²) in [6, 6.07) is 23.1. The predicted molar refractivity (Wildman–Crippen MR) is 95.2 cm³/mol. The Bertz CT molecular complexity index is 1000. The molecule has 2 heteroatoms. The summed E-state index contributed by atoms with van der Waals surface area (Å²) in [7, 11) is 1.69. The number of fused-ring (bicyclic) bond motifs is 2. The van der Waals surface area contributed by atoms with E-state index in [-0.39, 0.29) is 0 Å². The van der Waals surface area contributed by atoms with Crippen molar-refractivity contribution in [2.24, 2.45) is 5.73 Å².